The third kappa shape index (κ3) is 5.22. The summed E-state index contributed by atoms with van der Waals surface area (Å²) in [6, 6.07) is 17.9. The number of benzene rings is 3. The molecule has 0 spiro atoms. The molecule has 1 fully saturated rings. The van der Waals surface area contributed by atoms with Gasteiger partial charge in [-0.2, -0.15) is 0 Å². The van der Waals surface area contributed by atoms with Gasteiger partial charge in [0.15, 0.2) is 6.61 Å². The largest absolute Gasteiger partial charge is 0.496 e. The van der Waals surface area contributed by atoms with Crippen molar-refractivity contribution in [3.63, 3.8) is 0 Å². The second-order valence-electron chi connectivity index (χ2n) is 8.07. The van der Waals surface area contributed by atoms with Crippen molar-refractivity contribution in [2.75, 3.05) is 32.7 Å². The molecule has 10 nitrogen and oxygen atoms in total. The molecular weight excluding hydrogens is 466 g/mol. The summed E-state index contributed by atoms with van der Waals surface area (Å²) in [5.74, 6) is -2.58. The number of methoxy groups -OCH3 is 2. The van der Waals surface area contributed by atoms with E-state index in [1.54, 1.807) is 24.3 Å². The Labute approximate surface area is 207 Å². The van der Waals surface area contributed by atoms with Gasteiger partial charge in [0.25, 0.3) is 11.8 Å². The average Bonchev–Trinajstić information content (AvgIpc) is 3.26. The lowest BCUT2D eigenvalue weighted by molar-refractivity contribution is -0.151. The lowest BCUT2D eigenvalue weighted by Gasteiger charge is -2.19. The van der Waals surface area contributed by atoms with Crippen LogP contribution in [0.2, 0.25) is 0 Å². The van der Waals surface area contributed by atoms with Crippen LogP contribution in [0.4, 0.5) is 5.69 Å². The fraction of sp³-hybridized carbons (Fsp3) is 0.231. The maximum Gasteiger partial charge on any atom is 0.311 e. The van der Waals surface area contributed by atoms with Crippen LogP contribution < -0.4 is 20.2 Å². The molecule has 1 aliphatic heterocycles. The number of hydrogen-bond donors (Lipinski definition) is 2. The summed E-state index contributed by atoms with van der Waals surface area (Å²) in [6.45, 7) is -0.594. The van der Waals surface area contributed by atoms with Crippen LogP contribution in [0.25, 0.3) is 10.8 Å². The van der Waals surface area contributed by atoms with Crippen molar-refractivity contribution in [3.8, 4) is 11.5 Å². The number of hydrogen-bond acceptors (Lipinski definition) is 7. The molecule has 1 heterocycles. The lowest BCUT2D eigenvalue weighted by Crippen LogP contribution is -2.43. The topological polar surface area (TPSA) is 123 Å². The van der Waals surface area contributed by atoms with E-state index in [9.17, 15) is 19.2 Å². The molecule has 4 rings (SSSR count). The van der Waals surface area contributed by atoms with Gasteiger partial charge in [-0.25, -0.2) is 0 Å². The van der Waals surface area contributed by atoms with E-state index < -0.39 is 36.2 Å². The summed E-state index contributed by atoms with van der Waals surface area (Å²) in [5, 5.41) is 5.61. The number of ether oxygens (including phenoxy) is 3. The highest BCUT2D eigenvalue weighted by atomic mass is 16.5. The van der Waals surface area contributed by atoms with Crippen molar-refractivity contribution >= 4 is 40.2 Å². The number of carbonyl (C=O) groups is 4. The average molecular weight is 492 g/mol. The van der Waals surface area contributed by atoms with E-state index in [4.69, 9.17) is 14.2 Å². The van der Waals surface area contributed by atoms with E-state index >= 15 is 0 Å². The minimum Gasteiger partial charge on any atom is -0.496 e. The molecular formula is C26H25N3O7. The first-order valence-electron chi connectivity index (χ1n) is 11.2. The van der Waals surface area contributed by atoms with Crippen LogP contribution >= 0.6 is 0 Å². The predicted octanol–water partition coefficient (Wildman–Crippen LogP) is 2.53. The fourth-order valence-corrected chi connectivity index (χ4v) is 4.00. The molecule has 1 saturated heterocycles. The third-order valence-electron chi connectivity index (χ3n) is 5.76. The highest BCUT2D eigenvalue weighted by Gasteiger charge is 2.37. The zero-order valence-electron chi connectivity index (χ0n) is 19.8. The minimum absolute atomic E-state index is 0.0915. The van der Waals surface area contributed by atoms with Crippen molar-refractivity contribution in [1.29, 1.82) is 0 Å². The van der Waals surface area contributed by atoms with E-state index in [1.165, 1.54) is 14.2 Å². The van der Waals surface area contributed by atoms with E-state index in [2.05, 4.69) is 10.7 Å². The zero-order chi connectivity index (χ0) is 25.7. The summed E-state index contributed by atoms with van der Waals surface area (Å²) in [5.41, 5.74) is 3.21. The van der Waals surface area contributed by atoms with Crippen LogP contribution in [0, 0.1) is 5.92 Å². The first kappa shape index (κ1) is 24.5. The maximum absolute atomic E-state index is 12.8. The predicted molar refractivity (Wildman–Crippen MR) is 130 cm³/mol. The van der Waals surface area contributed by atoms with Crippen molar-refractivity contribution in [2.24, 2.45) is 5.92 Å². The minimum atomic E-state index is -0.831. The Kier molecular flexibility index (Phi) is 7.33. The number of anilines is 1. The standard InChI is InChI=1S/C26H25N3O7/c1-34-20-11-6-12-21(35-2)24(20)25(32)28-29-14-17(13-23(29)31)26(33)36-15-22(30)27-19-10-5-8-16-7-3-4-9-18(16)19/h3-12,17H,13-15H2,1-2H3,(H,27,30)(H,28,32)/t17-/m1/s1. The van der Waals surface area contributed by atoms with Gasteiger partial charge in [-0.1, -0.05) is 42.5 Å². The molecule has 0 aromatic heterocycles. The first-order chi connectivity index (χ1) is 17.4. The quantitative estimate of drug-likeness (QED) is 0.464. The van der Waals surface area contributed by atoms with Crippen molar-refractivity contribution in [2.45, 2.75) is 6.42 Å². The molecule has 3 amide bonds. The monoisotopic (exact) mass is 491 g/mol. The molecule has 36 heavy (non-hydrogen) atoms. The Morgan fingerprint density at radius 2 is 1.61 bits per heavy atom. The van der Waals surface area contributed by atoms with Crippen molar-refractivity contribution < 1.29 is 33.4 Å². The van der Waals surface area contributed by atoms with Crippen LogP contribution in [0.1, 0.15) is 16.8 Å². The molecule has 10 heteroatoms. The highest BCUT2D eigenvalue weighted by Crippen LogP contribution is 2.29. The number of carbonyl (C=O) groups excluding carboxylic acids is 4. The van der Waals surface area contributed by atoms with E-state index in [0.29, 0.717) is 5.69 Å². The van der Waals surface area contributed by atoms with Gasteiger partial charge in [0.2, 0.25) is 5.91 Å². The molecule has 1 atom stereocenters. The Balaban J connectivity index is 1.33. The van der Waals surface area contributed by atoms with E-state index in [-0.39, 0.29) is 30.0 Å². The molecule has 3 aromatic rings. The third-order valence-corrected chi connectivity index (χ3v) is 5.76. The Bertz CT molecular complexity index is 1300. The molecule has 0 radical (unpaired) electrons. The summed E-state index contributed by atoms with van der Waals surface area (Å²) >= 11 is 0. The number of nitrogens with zero attached hydrogens (tertiary/aromatic N) is 1. The molecule has 186 valence electrons. The second kappa shape index (κ2) is 10.8. The van der Waals surface area contributed by atoms with Gasteiger partial charge in [-0.3, -0.25) is 29.6 Å². The van der Waals surface area contributed by atoms with E-state index in [0.717, 1.165) is 15.8 Å². The van der Waals surface area contributed by atoms with Crippen molar-refractivity contribution in [1.82, 2.24) is 10.4 Å². The van der Waals surface area contributed by atoms with Crippen LogP contribution in [0.5, 0.6) is 11.5 Å². The normalized spacial score (nSPS) is 14.9. The van der Waals surface area contributed by atoms with Gasteiger partial charge in [-0.15, -0.1) is 0 Å². The number of rotatable bonds is 8. The maximum atomic E-state index is 12.8. The van der Waals surface area contributed by atoms with Gasteiger partial charge >= 0.3 is 5.97 Å². The molecule has 0 bridgehead atoms. The highest BCUT2D eigenvalue weighted by molar-refractivity contribution is 6.03. The zero-order valence-corrected chi connectivity index (χ0v) is 19.8. The summed E-state index contributed by atoms with van der Waals surface area (Å²) in [4.78, 5) is 50.2. The van der Waals surface area contributed by atoms with Crippen LogP contribution in [0.3, 0.4) is 0 Å². The second-order valence-corrected chi connectivity index (χ2v) is 8.07. The van der Waals surface area contributed by atoms with Gasteiger partial charge < -0.3 is 19.5 Å². The fourth-order valence-electron chi connectivity index (χ4n) is 4.00. The number of amides is 3. The summed E-state index contributed by atoms with van der Waals surface area (Å²) in [6.07, 6.45) is -0.160. The van der Waals surface area contributed by atoms with Gasteiger partial charge in [0.1, 0.15) is 17.1 Å². The Morgan fingerprint density at radius 1 is 0.944 bits per heavy atom. The number of hydrazine groups is 1. The molecule has 3 aromatic carbocycles. The lowest BCUT2D eigenvalue weighted by atomic mass is 10.1. The SMILES string of the molecule is COc1cccc(OC)c1C(=O)NN1C[C@H](C(=O)OCC(=O)Nc2cccc3ccccc23)CC1=O. The number of fused-ring (bicyclic) bond motifs is 1. The van der Waals surface area contributed by atoms with Gasteiger partial charge in [0, 0.05) is 17.5 Å². The van der Waals surface area contributed by atoms with Crippen LogP contribution in [0.15, 0.2) is 60.7 Å². The number of esters is 1. The van der Waals surface area contributed by atoms with Crippen LogP contribution in [-0.4, -0.2) is 56.1 Å². The summed E-state index contributed by atoms with van der Waals surface area (Å²) < 4.78 is 15.6. The smallest absolute Gasteiger partial charge is 0.311 e. The number of nitrogens with one attached hydrogen (secondary N) is 2. The van der Waals surface area contributed by atoms with Gasteiger partial charge in [-0.05, 0) is 23.6 Å². The molecule has 0 aliphatic carbocycles. The molecule has 0 saturated carbocycles. The Hall–Kier alpha value is -4.60. The molecule has 1 aliphatic rings. The van der Waals surface area contributed by atoms with Crippen LogP contribution in [-0.2, 0) is 19.1 Å². The summed E-state index contributed by atoms with van der Waals surface area (Å²) in [7, 11) is 2.82. The van der Waals surface area contributed by atoms with Crippen molar-refractivity contribution in [3.05, 3.63) is 66.2 Å². The van der Waals surface area contributed by atoms with E-state index in [1.807, 2.05) is 36.4 Å². The molecule has 2 N–H and O–H groups in total. The Morgan fingerprint density at radius 3 is 2.33 bits per heavy atom. The first-order valence-corrected chi connectivity index (χ1v) is 11.2. The van der Waals surface area contributed by atoms with Gasteiger partial charge in [0.05, 0.1) is 26.7 Å². The molecule has 0 unspecified atom stereocenters.